The summed E-state index contributed by atoms with van der Waals surface area (Å²) in [7, 11) is 1.40. The van der Waals surface area contributed by atoms with E-state index in [0.717, 1.165) is 24.8 Å². The number of carbonyl (C=O) groups excluding carboxylic acids is 1. The molecule has 0 heterocycles. The Morgan fingerprint density at radius 2 is 2.42 bits per heavy atom. The smallest absolute Gasteiger partial charge is 0.330 e. The maximum absolute atomic E-state index is 10.9. The fraction of sp³-hybridized carbons (Fsp3) is 0.500. The number of rotatable bonds is 1. The van der Waals surface area contributed by atoms with Crippen molar-refractivity contribution in [3.8, 4) is 0 Å². The van der Waals surface area contributed by atoms with E-state index >= 15 is 0 Å². The average molecular weight is 166 g/mol. The van der Waals surface area contributed by atoms with Crippen molar-refractivity contribution in [3.63, 3.8) is 0 Å². The minimum absolute atomic E-state index is 0.250. The largest absolute Gasteiger partial charge is 0.466 e. The molecule has 0 amide bonds. The molecule has 0 saturated carbocycles. The number of allylic oxidation sites excluding steroid dienone is 3. The van der Waals surface area contributed by atoms with E-state index in [9.17, 15) is 4.79 Å². The molecule has 2 heteroatoms. The monoisotopic (exact) mass is 166 g/mol. The van der Waals surface area contributed by atoms with Crippen molar-refractivity contribution < 1.29 is 9.53 Å². The molecule has 0 spiro atoms. The van der Waals surface area contributed by atoms with Gasteiger partial charge in [-0.2, -0.15) is 0 Å². The van der Waals surface area contributed by atoms with E-state index in [1.54, 1.807) is 6.08 Å². The minimum atomic E-state index is -0.250. The molecule has 0 bridgehead atoms. The van der Waals surface area contributed by atoms with Crippen LogP contribution in [-0.4, -0.2) is 13.1 Å². The molecular weight excluding hydrogens is 152 g/mol. The fourth-order valence-corrected chi connectivity index (χ4v) is 1.33. The summed E-state index contributed by atoms with van der Waals surface area (Å²) in [5.41, 5.74) is 2.33. The molecule has 1 aliphatic rings. The van der Waals surface area contributed by atoms with Gasteiger partial charge in [-0.1, -0.05) is 11.6 Å². The van der Waals surface area contributed by atoms with Gasteiger partial charge in [0.15, 0.2) is 0 Å². The highest BCUT2D eigenvalue weighted by atomic mass is 16.5. The van der Waals surface area contributed by atoms with Gasteiger partial charge in [-0.05, 0) is 31.8 Å². The summed E-state index contributed by atoms with van der Waals surface area (Å²) in [5.74, 6) is -0.250. The summed E-state index contributed by atoms with van der Waals surface area (Å²) in [5, 5.41) is 0. The molecule has 66 valence electrons. The van der Waals surface area contributed by atoms with Gasteiger partial charge in [-0.3, -0.25) is 0 Å². The predicted molar refractivity (Wildman–Crippen MR) is 47.7 cm³/mol. The fourth-order valence-electron chi connectivity index (χ4n) is 1.33. The Labute approximate surface area is 72.9 Å². The second-order valence-corrected chi connectivity index (χ2v) is 2.97. The zero-order valence-corrected chi connectivity index (χ0v) is 7.59. The Morgan fingerprint density at radius 1 is 1.67 bits per heavy atom. The molecule has 12 heavy (non-hydrogen) atoms. The highest BCUT2D eigenvalue weighted by Gasteiger charge is 2.07. The van der Waals surface area contributed by atoms with E-state index in [2.05, 4.69) is 10.8 Å². The van der Waals surface area contributed by atoms with Crippen molar-refractivity contribution in [2.75, 3.05) is 7.11 Å². The van der Waals surface area contributed by atoms with Gasteiger partial charge in [0.1, 0.15) is 0 Å². The molecule has 1 rings (SSSR count). The first-order chi connectivity index (χ1) is 5.74. The second-order valence-electron chi connectivity index (χ2n) is 2.97. The molecular formula is C10H14O2. The highest BCUT2D eigenvalue weighted by molar-refractivity contribution is 5.83. The van der Waals surface area contributed by atoms with Gasteiger partial charge in [0, 0.05) is 6.08 Å². The van der Waals surface area contributed by atoms with Crippen LogP contribution in [0, 0.1) is 0 Å². The summed E-state index contributed by atoms with van der Waals surface area (Å²) in [4.78, 5) is 10.9. The van der Waals surface area contributed by atoms with Crippen LogP contribution < -0.4 is 0 Å². The Kier molecular flexibility index (Phi) is 3.09. The quantitative estimate of drug-likeness (QED) is 0.441. The number of ether oxygens (including phenoxy) is 1. The molecule has 2 nitrogen and oxygen atoms in total. The zero-order chi connectivity index (χ0) is 8.97. The Morgan fingerprint density at radius 3 is 3.00 bits per heavy atom. The van der Waals surface area contributed by atoms with Crippen LogP contribution in [0.3, 0.4) is 0 Å². The lowest BCUT2D eigenvalue weighted by Gasteiger charge is -2.12. The summed E-state index contributed by atoms with van der Waals surface area (Å²) < 4.78 is 4.56. The standard InChI is InChI=1S/C10H14O2/c1-8-5-3-4-6-9(8)7-10(11)12-2/h5,7H,3-4,6H2,1-2H3/b9-7+. The molecule has 0 N–H and O–H groups in total. The SMILES string of the molecule is COC(=O)/C=C1\CCCC=C1C. The van der Waals surface area contributed by atoms with Crippen LogP contribution in [-0.2, 0) is 9.53 Å². The number of hydrogen-bond acceptors (Lipinski definition) is 2. The topological polar surface area (TPSA) is 26.3 Å². The van der Waals surface area contributed by atoms with Crippen LogP contribution in [0.5, 0.6) is 0 Å². The van der Waals surface area contributed by atoms with E-state index in [4.69, 9.17) is 0 Å². The Balaban J connectivity index is 2.73. The minimum Gasteiger partial charge on any atom is -0.466 e. The van der Waals surface area contributed by atoms with Crippen LogP contribution in [0.25, 0.3) is 0 Å². The number of esters is 1. The van der Waals surface area contributed by atoms with E-state index in [-0.39, 0.29) is 5.97 Å². The predicted octanol–water partition coefficient (Wildman–Crippen LogP) is 2.22. The van der Waals surface area contributed by atoms with Gasteiger partial charge in [0.25, 0.3) is 0 Å². The molecule has 0 fully saturated rings. The molecule has 0 radical (unpaired) electrons. The van der Waals surface area contributed by atoms with Crippen LogP contribution in [0.4, 0.5) is 0 Å². The third-order valence-corrected chi connectivity index (χ3v) is 2.10. The lowest BCUT2D eigenvalue weighted by molar-refractivity contribution is -0.134. The van der Waals surface area contributed by atoms with Crippen molar-refractivity contribution in [2.45, 2.75) is 26.2 Å². The first-order valence-corrected chi connectivity index (χ1v) is 4.19. The maximum atomic E-state index is 10.9. The normalized spacial score (nSPS) is 20.5. The van der Waals surface area contributed by atoms with Crippen molar-refractivity contribution in [3.05, 3.63) is 23.3 Å². The third-order valence-electron chi connectivity index (χ3n) is 2.10. The molecule has 0 aromatic rings. The number of methoxy groups -OCH3 is 1. The van der Waals surface area contributed by atoms with Gasteiger partial charge in [-0.15, -0.1) is 0 Å². The van der Waals surface area contributed by atoms with E-state index in [0.29, 0.717) is 0 Å². The molecule has 0 unspecified atom stereocenters. The van der Waals surface area contributed by atoms with Crippen molar-refractivity contribution >= 4 is 5.97 Å². The van der Waals surface area contributed by atoms with Gasteiger partial charge in [0.05, 0.1) is 7.11 Å². The third kappa shape index (κ3) is 2.22. The number of carbonyl (C=O) groups is 1. The highest BCUT2D eigenvalue weighted by Crippen LogP contribution is 2.22. The Bertz CT molecular complexity index is 236. The van der Waals surface area contributed by atoms with Crippen molar-refractivity contribution in [1.82, 2.24) is 0 Å². The summed E-state index contributed by atoms with van der Waals surface area (Å²) >= 11 is 0. The molecule has 0 aliphatic heterocycles. The lowest BCUT2D eigenvalue weighted by Crippen LogP contribution is -2.00. The van der Waals surface area contributed by atoms with E-state index in [1.165, 1.54) is 12.7 Å². The zero-order valence-electron chi connectivity index (χ0n) is 7.59. The van der Waals surface area contributed by atoms with Gasteiger partial charge >= 0.3 is 5.97 Å². The van der Waals surface area contributed by atoms with Gasteiger partial charge in [0.2, 0.25) is 0 Å². The van der Waals surface area contributed by atoms with Crippen molar-refractivity contribution in [2.24, 2.45) is 0 Å². The van der Waals surface area contributed by atoms with Crippen LogP contribution >= 0.6 is 0 Å². The summed E-state index contributed by atoms with van der Waals surface area (Å²) in [6.45, 7) is 2.04. The Hall–Kier alpha value is -1.05. The summed E-state index contributed by atoms with van der Waals surface area (Å²) in [6.07, 6.45) is 7.02. The van der Waals surface area contributed by atoms with E-state index < -0.39 is 0 Å². The van der Waals surface area contributed by atoms with Crippen LogP contribution in [0.2, 0.25) is 0 Å². The average Bonchev–Trinajstić information content (AvgIpc) is 2.09. The maximum Gasteiger partial charge on any atom is 0.330 e. The van der Waals surface area contributed by atoms with Gasteiger partial charge < -0.3 is 4.74 Å². The number of hydrogen-bond donors (Lipinski definition) is 0. The molecule has 0 aromatic carbocycles. The second kappa shape index (κ2) is 4.10. The molecule has 0 saturated heterocycles. The van der Waals surface area contributed by atoms with Crippen LogP contribution in [0.1, 0.15) is 26.2 Å². The van der Waals surface area contributed by atoms with Crippen molar-refractivity contribution in [1.29, 1.82) is 0 Å². The van der Waals surface area contributed by atoms with Gasteiger partial charge in [-0.25, -0.2) is 4.79 Å². The molecule has 1 aliphatic carbocycles. The molecule has 0 atom stereocenters. The first kappa shape index (κ1) is 9.04. The molecule has 0 aromatic heterocycles. The van der Waals surface area contributed by atoms with E-state index in [1.807, 2.05) is 6.92 Å². The lowest BCUT2D eigenvalue weighted by atomic mass is 9.94. The summed E-state index contributed by atoms with van der Waals surface area (Å²) in [6, 6.07) is 0. The van der Waals surface area contributed by atoms with Crippen LogP contribution in [0.15, 0.2) is 23.3 Å². The first-order valence-electron chi connectivity index (χ1n) is 4.19.